The molecule has 10 heteroatoms. The largest absolute Gasteiger partial charge is 0.333 e. The van der Waals surface area contributed by atoms with E-state index in [2.05, 4.69) is 14.8 Å². The van der Waals surface area contributed by atoms with Crippen LogP contribution in [0.15, 0.2) is 59.7 Å². The van der Waals surface area contributed by atoms with Gasteiger partial charge in [0.05, 0.1) is 39.9 Å². The monoisotopic (exact) mass is 476 g/mol. The molecule has 0 saturated heterocycles. The molecule has 3 heterocycles. The van der Waals surface area contributed by atoms with Crippen molar-refractivity contribution in [3.8, 4) is 16.8 Å². The van der Waals surface area contributed by atoms with E-state index in [1.54, 1.807) is 46.1 Å². The Morgan fingerprint density at radius 1 is 1.06 bits per heavy atom. The Labute approximate surface area is 196 Å². The van der Waals surface area contributed by atoms with Crippen LogP contribution in [-0.2, 0) is 24.1 Å². The fourth-order valence-electron chi connectivity index (χ4n) is 4.22. The number of imidazole rings is 1. The van der Waals surface area contributed by atoms with Gasteiger partial charge in [-0.2, -0.15) is 5.10 Å². The maximum atomic E-state index is 13.3. The molecular formula is C24H24N6O3S. The standard InChI is InChI=1S/C24H24N6O3S/c1-5-34(32,33)27-18-8-6-7-16(11-18)17-9-10-20-19(12-17)23-21(13-25-20)29(4)24(31)30(23)22-14-28(3)26-15(22)2/h6-14,27H,5H2,1-4H3. The van der Waals surface area contributed by atoms with Crippen LogP contribution < -0.4 is 10.4 Å². The minimum absolute atomic E-state index is 0.00382. The molecule has 0 fully saturated rings. The van der Waals surface area contributed by atoms with Crippen LogP contribution >= 0.6 is 0 Å². The Bertz CT molecular complexity index is 1740. The van der Waals surface area contributed by atoms with Crippen LogP contribution in [0.2, 0.25) is 0 Å². The summed E-state index contributed by atoms with van der Waals surface area (Å²) in [6, 6.07) is 13.1. The first-order valence-electron chi connectivity index (χ1n) is 10.8. The predicted octanol–water partition coefficient (Wildman–Crippen LogP) is 3.35. The summed E-state index contributed by atoms with van der Waals surface area (Å²) in [7, 11) is 0.169. The van der Waals surface area contributed by atoms with Gasteiger partial charge in [0.25, 0.3) is 0 Å². The number of sulfonamides is 1. The third kappa shape index (κ3) is 3.56. The number of aromatic nitrogens is 5. The Morgan fingerprint density at radius 3 is 2.53 bits per heavy atom. The minimum Gasteiger partial charge on any atom is -0.293 e. The first-order valence-corrected chi connectivity index (χ1v) is 12.5. The van der Waals surface area contributed by atoms with E-state index in [0.717, 1.165) is 33.2 Å². The molecule has 1 N–H and O–H groups in total. The van der Waals surface area contributed by atoms with Crippen molar-refractivity contribution in [3.05, 3.63) is 71.0 Å². The van der Waals surface area contributed by atoms with Crippen LogP contribution in [0.25, 0.3) is 38.8 Å². The molecule has 5 rings (SSSR count). The zero-order chi connectivity index (χ0) is 24.2. The van der Waals surface area contributed by atoms with E-state index in [1.807, 2.05) is 50.5 Å². The first kappa shape index (κ1) is 21.9. The Balaban J connectivity index is 1.76. The van der Waals surface area contributed by atoms with Crippen molar-refractivity contribution in [2.45, 2.75) is 13.8 Å². The number of rotatable bonds is 5. The van der Waals surface area contributed by atoms with Gasteiger partial charge in [-0.25, -0.2) is 13.2 Å². The van der Waals surface area contributed by atoms with Gasteiger partial charge in [0.15, 0.2) is 0 Å². The van der Waals surface area contributed by atoms with Gasteiger partial charge in [0, 0.05) is 31.4 Å². The molecule has 0 aliphatic heterocycles. The molecule has 0 bridgehead atoms. The van der Waals surface area contributed by atoms with Crippen molar-refractivity contribution < 1.29 is 8.42 Å². The Kier molecular flexibility index (Phi) is 5.05. The summed E-state index contributed by atoms with van der Waals surface area (Å²) in [6.07, 6.45) is 3.54. The summed E-state index contributed by atoms with van der Waals surface area (Å²) in [5.41, 5.74) is 5.71. The van der Waals surface area contributed by atoms with Crippen molar-refractivity contribution in [1.29, 1.82) is 0 Å². The quantitative estimate of drug-likeness (QED) is 0.419. The summed E-state index contributed by atoms with van der Waals surface area (Å²) < 4.78 is 31.6. The van der Waals surface area contributed by atoms with Crippen LogP contribution in [0.3, 0.4) is 0 Å². The van der Waals surface area contributed by atoms with E-state index < -0.39 is 10.0 Å². The number of anilines is 1. The highest BCUT2D eigenvalue weighted by Gasteiger charge is 2.19. The number of benzene rings is 2. The van der Waals surface area contributed by atoms with E-state index >= 15 is 0 Å². The molecular weight excluding hydrogens is 452 g/mol. The Morgan fingerprint density at radius 2 is 1.82 bits per heavy atom. The molecule has 0 aliphatic rings. The zero-order valence-corrected chi connectivity index (χ0v) is 20.1. The maximum absolute atomic E-state index is 13.3. The van der Waals surface area contributed by atoms with Gasteiger partial charge < -0.3 is 0 Å². The lowest BCUT2D eigenvalue weighted by molar-refractivity contribution is 0.602. The van der Waals surface area contributed by atoms with Crippen LogP contribution in [0.1, 0.15) is 12.6 Å². The molecule has 0 radical (unpaired) electrons. The number of hydrogen-bond acceptors (Lipinski definition) is 5. The molecule has 34 heavy (non-hydrogen) atoms. The summed E-state index contributed by atoms with van der Waals surface area (Å²) >= 11 is 0. The van der Waals surface area contributed by atoms with Crippen molar-refractivity contribution in [2.75, 3.05) is 10.5 Å². The smallest absolute Gasteiger partial charge is 0.293 e. The van der Waals surface area contributed by atoms with Crippen molar-refractivity contribution in [1.82, 2.24) is 23.9 Å². The predicted molar refractivity (Wildman–Crippen MR) is 134 cm³/mol. The molecule has 0 spiro atoms. The van der Waals surface area contributed by atoms with Crippen LogP contribution in [0.4, 0.5) is 5.69 Å². The van der Waals surface area contributed by atoms with Crippen molar-refractivity contribution in [2.24, 2.45) is 14.1 Å². The van der Waals surface area contributed by atoms with E-state index in [0.29, 0.717) is 16.9 Å². The summed E-state index contributed by atoms with van der Waals surface area (Å²) in [4.78, 5) is 17.8. The van der Waals surface area contributed by atoms with Gasteiger partial charge >= 0.3 is 5.69 Å². The third-order valence-electron chi connectivity index (χ3n) is 5.96. The van der Waals surface area contributed by atoms with Gasteiger partial charge in [-0.3, -0.25) is 23.5 Å². The maximum Gasteiger partial charge on any atom is 0.333 e. The fourth-order valence-corrected chi connectivity index (χ4v) is 4.85. The van der Waals surface area contributed by atoms with Gasteiger partial charge in [-0.05, 0) is 49.2 Å². The number of nitrogens with one attached hydrogen (secondary N) is 1. The lowest BCUT2D eigenvalue weighted by Crippen LogP contribution is -2.21. The van der Waals surface area contributed by atoms with Gasteiger partial charge in [0.1, 0.15) is 0 Å². The molecule has 5 aromatic rings. The van der Waals surface area contributed by atoms with Crippen LogP contribution in [-0.4, -0.2) is 38.1 Å². The van der Waals surface area contributed by atoms with Gasteiger partial charge in [0.2, 0.25) is 10.0 Å². The van der Waals surface area contributed by atoms with E-state index in [1.165, 1.54) is 0 Å². The van der Waals surface area contributed by atoms with E-state index in [-0.39, 0.29) is 11.4 Å². The summed E-state index contributed by atoms with van der Waals surface area (Å²) in [6.45, 7) is 3.47. The second-order valence-electron chi connectivity index (χ2n) is 8.26. The number of nitrogens with zero attached hydrogens (tertiary/aromatic N) is 5. The second kappa shape index (κ2) is 7.84. The lowest BCUT2D eigenvalue weighted by atomic mass is 10.0. The molecule has 174 valence electrons. The molecule has 0 amide bonds. The van der Waals surface area contributed by atoms with Gasteiger partial charge in [-0.1, -0.05) is 18.2 Å². The zero-order valence-electron chi connectivity index (χ0n) is 19.3. The highest BCUT2D eigenvalue weighted by atomic mass is 32.2. The average Bonchev–Trinajstić information content (AvgIpc) is 3.28. The number of fused-ring (bicyclic) bond motifs is 3. The van der Waals surface area contributed by atoms with E-state index in [4.69, 9.17) is 0 Å². The molecule has 0 saturated carbocycles. The van der Waals surface area contributed by atoms with Crippen LogP contribution in [0.5, 0.6) is 0 Å². The lowest BCUT2D eigenvalue weighted by Gasteiger charge is -2.10. The van der Waals surface area contributed by atoms with Gasteiger partial charge in [-0.15, -0.1) is 0 Å². The SMILES string of the molecule is CCS(=O)(=O)Nc1cccc(-c2ccc3ncc4c(c3c2)n(-c2cn(C)nc2C)c(=O)n4C)c1. The Hall–Kier alpha value is -3.92. The summed E-state index contributed by atoms with van der Waals surface area (Å²) in [5, 5.41) is 5.23. The number of pyridine rings is 1. The molecule has 3 aromatic heterocycles. The molecule has 0 aliphatic carbocycles. The third-order valence-corrected chi connectivity index (χ3v) is 7.27. The highest BCUT2D eigenvalue weighted by molar-refractivity contribution is 7.92. The minimum atomic E-state index is -3.38. The second-order valence-corrected chi connectivity index (χ2v) is 10.3. The number of hydrogen-bond donors (Lipinski definition) is 1. The molecule has 0 atom stereocenters. The molecule has 2 aromatic carbocycles. The van der Waals surface area contributed by atoms with Crippen molar-refractivity contribution >= 4 is 37.6 Å². The number of aryl methyl sites for hydroxylation is 3. The normalized spacial score (nSPS) is 12.0. The molecule has 0 unspecified atom stereocenters. The topological polar surface area (TPSA) is 104 Å². The fraction of sp³-hybridized carbons (Fsp3) is 0.208. The summed E-state index contributed by atoms with van der Waals surface area (Å²) in [5.74, 6) is -0.00382. The van der Waals surface area contributed by atoms with Crippen molar-refractivity contribution in [3.63, 3.8) is 0 Å². The first-order chi connectivity index (χ1) is 16.2. The van der Waals surface area contributed by atoms with Crippen LogP contribution in [0, 0.1) is 6.92 Å². The molecule has 9 nitrogen and oxygen atoms in total. The average molecular weight is 477 g/mol. The van der Waals surface area contributed by atoms with E-state index in [9.17, 15) is 13.2 Å². The highest BCUT2D eigenvalue weighted by Crippen LogP contribution is 2.31.